The van der Waals surface area contributed by atoms with Crippen molar-refractivity contribution < 1.29 is 4.79 Å². The normalized spacial score (nSPS) is 24.2. The van der Waals surface area contributed by atoms with Gasteiger partial charge in [0.05, 0.1) is 6.04 Å². The molecular formula is C27H41N3OS. The molecule has 4 rings (SSSR count). The van der Waals surface area contributed by atoms with E-state index in [-0.39, 0.29) is 12.1 Å². The SMILES string of the molecule is CCCCc1ccc(N(C(C)=O)C2CSC(=NC3CCCCC3)N2C2CCCCC2)cc1. The molecule has 1 aliphatic heterocycles. The van der Waals surface area contributed by atoms with Crippen LogP contribution in [0, 0.1) is 0 Å². The fourth-order valence-electron chi connectivity index (χ4n) is 5.63. The third-order valence-corrected chi connectivity index (χ3v) is 8.45. The first-order valence-electron chi connectivity index (χ1n) is 13.0. The van der Waals surface area contributed by atoms with Crippen LogP contribution in [0.1, 0.15) is 96.5 Å². The Morgan fingerprint density at radius 3 is 2.31 bits per heavy atom. The lowest BCUT2D eigenvalue weighted by Gasteiger charge is -2.41. The first-order chi connectivity index (χ1) is 15.7. The maximum Gasteiger partial charge on any atom is 0.225 e. The largest absolute Gasteiger partial charge is 0.327 e. The van der Waals surface area contributed by atoms with Crippen molar-refractivity contribution in [3.63, 3.8) is 0 Å². The van der Waals surface area contributed by atoms with E-state index in [1.165, 1.54) is 87.8 Å². The Labute approximate surface area is 199 Å². The van der Waals surface area contributed by atoms with Gasteiger partial charge in [-0.05, 0) is 56.2 Å². The minimum absolute atomic E-state index is 0.0735. The summed E-state index contributed by atoms with van der Waals surface area (Å²) in [5.74, 6) is 1.05. The second kappa shape index (κ2) is 11.6. The summed E-state index contributed by atoms with van der Waals surface area (Å²) in [4.78, 5) is 22.9. The molecule has 1 saturated heterocycles. The first kappa shape index (κ1) is 23.7. The number of thioether (sulfide) groups is 1. The number of rotatable bonds is 7. The number of aryl methyl sites for hydroxylation is 1. The van der Waals surface area contributed by atoms with Crippen molar-refractivity contribution >= 4 is 28.5 Å². The molecule has 32 heavy (non-hydrogen) atoms. The number of amidine groups is 1. The van der Waals surface area contributed by atoms with Crippen molar-refractivity contribution in [1.29, 1.82) is 0 Å². The van der Waals surface area contributed by atoms with Gasteiger partial charge in [-0.3, -0.25) is 14.7 Å². The summed E-state index contributed by atoms with van der Waals surface area (Å²) in [5, 5.41) is 1.21. The number of benzene rings is 1. The number of carbonyl (C=O) groups excluding carboxylic acids is 1. The fourth-order valence-corrected chi connectivity index (χ4v) is 6.88. The monoisotopic (exact) mass is 455 g/mol. The highest BCUT2D eigenvalue weighted by molar-refractivity contribution is 8.14. The van der Waals surface area contributed by atoms with Crippen LogP contribution in [0.25, 0.3) is 0 Å². The highest BCUT2D eigenvalue weighted by atomic mass is 32.2. The highest BCUT2D eigenvalue weighted by Gasteiger charge is 2.41. The van der Waals surface area contributed by atoms with E-state index in [4.69, 9.17) is 4.99 Å². The van der Waals surface area contributed by atoms with Crippen molar-refractivity contribution in [2.45, 2.75) is 116 Å². The minimum Gasteiger partial charge on any atom is -0.327 e. The lowest BCUT2D eigenvalue weighted by Crippen LogP contribution is -2.54. The van der Waals surface area contributed by atoms with Gasteiger partial charge in [0, 0.05) is 24.4 Å². The number of aliphatic imine (C=N–C) groups is 1. The molecule has 1 aromatic rings. The van der Waals surface area contributed by atoms with Crippen LogP contribution in [0.5, 0.6) is 0 Å². The molecule has 1 atom stereocenters. The van der Waals surface area contributed by atoms with Gasteiger partial charge in [0.1, 0.15) is 6.17 Å². The van der Waals surface area contributed by atoms with E-state index in [2.05, 4.69) is 41.0 Å². The van der Waals surface area contributed by atoms with Gasteiger partial charge in [-0.25, -0.2) is 0 Å². The number of carbonyl (C=O) groups is 1. The van der Waals surface area contributed by atoms with E-state index in [0.29, 0.717) is 12.1 Å². The molecule has 1 heterocycles. The predicted molar refractivity (Wildman–Crippen MR) is 137 cm³/mol. The standard InChI is InChI=1S/C27H41N3OS/c1-3-4-11-22-16-18-25(19-17-22)29(21(2)31)26-20-32-27(28-23-12-7-5-8-13-23)30(26)24-14-9-6-10-15-24/h16-19,23-24,26H,3-15,20H2,1-2H3. The van der Waals surface area contributed by atoms with E-state index >= 15 is 0 Å². The third-order valence-electron chi connectivity index (χ3n) is 7.41. The molecule has 0 bridgehead atoms. The van der Waals surface area contributed by atoms with Gasteiger partial charge in [-0.2, -0.15) is 0 Å². The zero-order valence-electron chi connectivity index (χ0n) is 20.1. The Morgan fingerprint density at radius 1 is 1.03 bits per heavy atom. The van der Waals surface area contributed by atoms with Crippen LogP contribution < -0.4 is 4.90 Å². The minimum atomic E-state index is 0.0735. The first-order valence-corrected chi connectivity index (χ1v) is 14.0. The van der Waals surface area contributed by atoms with E-state index in [0.717, 1.165) is 17.9 Å². The summed E-state index contributed by atoms with van der Waals surface area (Å²) in [6.45, 7) is 3.96. The summed E-state index contributed by atoms with van der Waals surface area (Å²) < 4.78 is 0. The Kier molecular flexibility index (Phi) is 8.56. The van der Waals surface area contributed by atoms with Crippen molar-refractivity contribution in [3.05, 3.63) is 29.8 Å². The van der Waals surface area contributed by atoms with Gasteiger partial charge in [-0.15, -0.1) is 0 Å². The second-order valence-electron chi connectivity index (χ2n) is 9.85. The van der Waals surface area contributed by atoms with Crippen LogP contribution in [0.4, 0.5) is 5.69 Å². The quantitative estimate of drug-likeness (QED) is 0.455. The number of hydrogen-bond acceptors (Lipinski definition) is 3. The Morgan fingerprint density at radius 2 is 1.69 bits per heavy atom. The fraction of sp³-hybridized carbons (Fsp3) is 0.704. The number of anilines is 1. The van der Waals surface area contributed by atoms with Crippen LogP contribution >= 0.6 is 11.8 Å². The molecule has 0 aromatic heterocycles. The molecule has 3 fully saturated rings. The van der Waals surface area contributed by atoms with E-state index < -0.39 is 0 Å². The summed E-state index contributed by atoms with van der Waals surface area (Å²) in [7, 11) is 0. The number of nitrogens with zero attached hydrogens (tertiary/aromatic N) is 3. The van der Waals surface area contributed by atoms with Gasteiger partial charge in [0.15, 0.2) is 5.17 Å². The van der Waals surface area contributed by atoms with Crippen molar-refractivity contribution in [2.24, 2.45) is 4.99 Å². The molecule has 4 nitrogen and oxygen atoms in total. The zero-order chi connectivity index (χ0) is 22.3. The maximum absolute atomic E-state index is 13.0. The summed E-state index contributed by atoms with van der Waals surface area (Å²) in [6.07, 6.45) is 16.4. The maximum atomic E-state index is 13.0. The van der Waals surface area contributed by atoms with Crippen LogP contribution in [0.2, 0.25) is 0 Å². The molecule has 0 N–H and O–H groups in total. The molecule has 1 aromatic carbocycles. The molecule has 0 radical (unpaired) electrons. The molecule has 1 unspecified atom stereocenters. The average molecular weight is 456 g/mol. The van der Waals surface area contributed by atoms with Gasteiger partial charge >= 0.3 is 0 Å². The molecular weight excluding hydrogens is 414 g/mol. The Balaban J connectivity index is 1.60. The number of unbranched alkanes of at least 4 members (excludes halogenated alkanes) is 1. The Hall–Kier alpha value is -1.49. The lowest BCUT2D eigenvalue weighted by molar-refractivity contribution is -0.117. The van der Waals surface area contributed by atoms with E-state index in [9.17, 15) is 4.79 Å². The second-order valence-corrected chi connectivity index (χ2v) is 10.8. The van der Waals surface area contributed by atoms with E-state index in [1.54, 1.807) is 6.92 Å². The lowest BCUT2D eigenvalue weighted by atomic mass is 9.94. The molecule has 176 valence electrons. The summed E-state index contributed by atoms with van der Waals surface area (Å²) in [5.41, 5.74) is 2.40. The van der Waals surface area contributed by atoms with Gasteiger partial charge in [0.25, 0.3) is 0 Å². The molecule has 0 spiro atoms. The average Bonchev–Trinajstić information content (AvgIpc) is 3.22. The summed E-state index contributed by atoms with van der Waals surface area (Å²) >= 11 is 1.88. The third kappa shape index (κ3) is 5.70. The smallest absolute Gasteiger partial charge is 0.225 e. The highest BCUT2D eigenvalue weighted by Crippen LogP contribution is 2.37. The van der Waals surface area contributed by atoms with Crippen LogP contribution in [0.3, 0.4) is 0 Å². The topological polar surface area (TPSA) is 35.9 Å². The van der Waals surface area contributed by atoms with Crippen LogP contribution in [-0.4, -0.2) is 40.0 Å². The van der Waals surface area contributed by atoms with Crippen LogP contribution in [-0.2, 0) is 11.2 Å². The number of hydrogen-bond donors (Lipinski definition) is 0. The molecule has 5 heteroatoms. The number of amides is 1. The molecule has 3 aliphatic rings. The molecule has 1 amide bonds. The van der Waals surface area contributed by atoms with Crippen LogP contribution in [0.15, 0.2) is 29.3 Å². The van der Waals surface area contributed by atoms with Crippen molar-refractivity contribution in [3.8, 4) is 0 Å². The Bertz CT molecular complexity index is 766. The molecule has 2 aliphatic carbocycles. The van der Waals surface area contributed by atoms with Crippen molar-refractivity contribution in [1.82, 2.24) is 4.90 Å². The van der Waals surface area contributed by atoms with Crippen molar-refractivity contribution in [2.75, 3.05) is 10.7 Å². The molecule has 2 saturated carbocycles. The van der Waals surface area contributed by atoms with E-state index in [1.807, 2.05) is 11.8 Å². The summed E-state index contributed by atoms with van der Waals surface area (Å²) in [6, 6.07) is 9.73. The zero-order valence-corrected chi connectivity index (χ0v) is 20.9. The van der Waals surface area contributed by atoms with Gasteiger partial charge in [0.2, 0.25) is 5.91 Å². The predicted octanol–water partition coefficient (Wildman–Crippen LogP) is 6.78. The van der Waals surface area contributed by atoms with Gasteiger partial charge < -0.3 is 4.90 Å². The van der Waals surface area contributed by atoms with Gasteiger partial charge in [-0.1, -0.05) is 75.8 Å².